The Morgan fingerprint density at radius 3 is 2.81 bits per heavy atom. The molecule has 0 saturated heterocycles. The first kappa shape index (κ1) is 18.2. The molecule has 0 aliphatic rings. The van der Waals surface area contributed by atoms with Crippen LogP contribution in [0.25, 0.3) is 10.7 Å². The van der Waals surface area contributed by atoms with Crippen molar-refractivity contribution in [3.05, 3.63) is 41.7 Å². The number of nitrogens with one attached hydrogen (secondary N) is 2. The highest BCUT2D eigenvalue weighted by Crippen LogP contribution is 2.26. The zero-order valence-corrected chi connectivity index (χ0v) is 14.5. The van der Waals surface area contributed by atoms with Gasteiger partial charge in [-0.2, -0.15) is 9.37 Å². The van der Waals surface area contributed by atoms with Crippen molar-refractivity contribution in [2.45, 2.75) is 4.90 Å². The molecule has 138 valence electrons. The minimum Gasteiger partial charge on any atom is -0.486 e. The van der Waals surface area contributed by atoms with Crippen LogP contribution in [0, 0.1) is 11.8 Å². The van der Waals surface area contributed by atoms with Crippen molar-refractivity contribution in [2.75, 3.05) is 18.0 Å². The number of pyridine rings is 1. The summed E-state index contributed by atoms with van der Waals surface area (Å²) >= 11 is 1.30. The van der Waals surface area contributed by atoms with Crippen LogP contribution in [0.3, 0.4) is 0 Å². The number of hydrogen-bond acceptors (Lipinski definition) is 6. The highest BCUT2D eigenvalue weighted by molar-refractivity contribution is 7.92. The molecule has 0 fully saturated rings. The molecule has 3 aromatic heterocycles. The number of sulfonamides is 1. The zero-order valence-electron chi connectivity index (χ0n) is 12.9. The van der Waals surface area contributed by atoms with Gasteiger partial charge in [-0.15, -0.1) is 11.3 Å². The van der Waals surface area contributed by atoms with E-state index in [9.17, 15) is 21.6 Å². The maximum absolute atomic E-state index is 14.0. The predicted molar refractivity (Wildman–Crippen MR) is 88.3 cm³/mol. The van der Waals surface area contributed by atoms with E-state index in [4.69, 9.17) is 0 Å². The van der Waals surface area contributed by atoms with Crippen molar-refractivity contribution < 1.29 is 26.3 Å². The fraction of sp³-hybridized carbons (Fsp3) is 0.143. The van der Waals surface area contributed by atoms with Crippen molar-refractivity contribution in [2.24, 2.45) is 0 Å². The lowest BCUT2D eigenvalue weighted by molar-refractivity contribution is 0.258. The molecule has 0 unspecified atom stereocenters. The van der Waals surface area contributed by atoms with Crippen LogP contribution >= 0.6 is 11.3 Å². The summed E-state index contributed by atoms with van der Waals surface area (Å²) in [4.78, 5) is 9.77. The molecule has 0 atom stereocenters. The van der Waals surface area contributed by atoms with Crippen LogP contribution in [0.5, 0.6) is 5.75 Å². The van der Waals surface area contributed by atoms with E-state index in [-0.39, 0.29) is 4.90 Å². The smallest absolute Gasteiger partial charge is 0.264 e. The van der Waals surface area contributed by atoms with Gasteiger partial charge in [-0.1, -0.05) is 0 Å². The largest absolute Gasteiger partial charge is 0.486 e. The summed E-state index contributed by atoms with van der Waals surface area (Å²) in [6.45, 7) is -1.38. The lowest BCUT2D eigenvalue weighted by Crippen LogP contribution is -2.15. The van der Waals surface area contributed by atoms with Crippen LogP contribution < -0.4 is 9.46 Å². The molecule has 3 heterocycles. The molecular weight excluding hydrogens is 393 g/mol. The summed E-state index contributed by atoms with van der Waals surface area (Å²) in [6, 6.07) is 1.89. The molecule has 12 heteroatoms. The number of rotatable bonds is 7. The van der Waals surface area contributed by atoms with Gasteiger partial charge in [0.25, 0.3) is 16.0 Å². The molecule has 0 amide bonds. The Balaban J connectivity index is 1.84. The molecular formula is C14H11F3N4O3S2. The van der Waals surface area contributed by atoms with Crippen LogP contribution in [0.15, 0.2) is 34.8 Å². The van der Waals surface area contributed by atoms with Crippen molar-refractivity contribution in [1.29, 1.82) is 0 Å². The Kier molecular flexibility index (Phi) is 5.13. The normalized spacial score (nSPS) is 11.5. The summed E-state index contributed by atoms with van der Waals surface area (Å²) in [5.41, 5.74) is 0.454. The number of anilines is 1. The van der Waals surface area contributed by atoms with Crippen LogP contribution in [-0.4, -0.2) is 36.7 Å². The van der Waals surface area contributed by atoms with Crippen LogP contribution in [0.2, 0.25) is 0 Å². The van der Waals surface area contributed by atoms with E-state index in [1.54, 1.807) is 11.6 Å². The van der Waals surface area contributed by atoms with Gasteiger partial charge < -0.3 is 9.72 Å². The van der Waals surface area contributed by atoms with E-state index in [1.807, 2.05) is 4.72 Å². The van der Waals surface area contributed by atoms with E-state index in [0.29, 0.717) is 16.8 Å². The summed E-state index contributed by atoms with van der Waals surface area (Å²) in [6.07, 6.45) is 2.74. The first-order valence-electron chi connectivity index (χ1n) is 7.06. The van der Waals surface area contributed by atoms with E-state index in [0.717, 1.165) is 0 Å². The second-order valence-electron chi connectivity index (χ2n) is 4.84. The Morgan fingerprint density at radius 2 is 2.12 bits per heavy atom. The third-order valence-corrected chi connectivity index (χ3v) is 5.22. The molecule has 26 heavy (non-hydrogen) atoms. The van der Waals surface area contributed by atoms with Crippen molar-refractivity contribution in [3.8, 4) is 16.5 Å². The van der Waals surface area contributed by atoms with E-state index >= 15 is 0 Å². The van der Waals surface area contributed by atoms with Crippen molar-refractivity contribution in [3.63, 3.8) is 0 Å². The van der Waals surface area contributed by atoms with Crippen LogP contribution in [0.4, 0.5) is 19.0 Å². The van der Waals surface area contributed by atoms with Gasteiger partial charge >= 0.3 is 0 Å². The van der Waals surface area contributed by atoms with Gasteiger partial charge in [0.2, 0.25) is 0 Å². The van der Waals surface area contributed by atoms with E-state index < -0.39 is 46.6 Å². The van der Waals surface area contributed by atoms with Gasteiger partial charge in [-0.25, -0.2) is 22.2 Å². The predicted octanol–water partition coefficient (Wildman–Crippen LogP) is 2.96. The SMILES string of the molecule is O=S(=O)(Nc1nc(F)c(OCCF)cc1F)c1c[nH]c(-c2nccs2)c1. The van der Waals surface area contributed by atoms with Crippen molar-refractivity contribution in [1.82, 2.24) is 15.0 Å². The van der Waals surface area contributed by atoms with Gasteiger partial charge in [0.15, 0.2) is 17.4 Å². The maximum atomic E-state index is 14.0. The summed E-state index contributed by atoms with van der Waals surface area (Å²) in [5.74, 6) is -3.89. The van der Waals surface area contributed by atoms with Crippen LogP contribution in [0.1, 0.15) is 0 Å². The first-order chi connectivity index (χ1) is 12.4. The molecule has 0 radical (unpaired) electrons. The highest BCUT2D eigenvalue weighted by Gasteiger charge is 2.22. The monoisotopic (exact) mass is 404 g/mol. The number of aromatic nitrogens is 3. The standard InChI is InChI=1S/C14H11F3N4O3S2/c15-1-3-24-11-6-9(16)13(20-12(11)17)21-26(22,23)8-5-10(19-7-8)14-18-2-4-25-14/h2,4-7,19H,1,3H2,(H,20,21). The second kappa shape index (κ2) is 7.33. The number of aromatic amines is 1. The molecule has 0 spiro atoms. The molecule has 0 bridgehead atoms. The number of nitrogens with zero attached hydrogens (tertiary/aromatic N) is 2. The first-order valence-corrected chi connectivity index (χ1v) is 9.43. The van der Waals surface area contributed by atoms with Gasteiger partial charge in [-0.05, 0) is 6.07 Å². The molecule has 3 rings (SSSR count). The Bertz CT molecular complexity index is 1010. The average molecular weight is 404 g/mol. The molecule has 0 saturated carbocycles. The minimum absolute atomic E-state index is 0.206. The van der Waals surface area contributed by atoms with Gasteiger partial charge in [-0.3, -0.25) is 4.72 Å². The van der Waals surface area contributed by atoms with Crippen LogP contribution in [-0.2, 0) is 10.0 Å². The fourth-order valence-electron chi connectivity index (χ4n) is 1.97. The number of ether oxygens (including phenoxy) is 1. The van der Waals surface area contributed by atoms with E-state index in [2.05, 4.69) is 19.7 Å². The van der Waals surface area contributed by atoms with Gasteiger partial charge in [0, 0.05) is 23.8 Å². The Morgan fingerprint density at radius 1 is 1.31 bits per heavy atom. The van der Waals surface area contributed by atoms with Gasteiger partial charge in [0.1, 0.15) is 23.2 Å². The number of H-pyrrole nitrogens is 1. The van der Waals surface area contributed by atoms with E-state index in [1.165, 1.54) is 23.6 Å². The number of halogens is 3. The zero-order chi connectivity index (χ0) is 18.7. The third-order valence-electron chi connectivity index (χ3n) is 3.09. The maximum Gasteiger partial charge on any atom is 0.264 e. The molecule has 0 aliphatic carbocycles. The molecule has 7 nitrogen and oxygen atoms in total. The summed E-state index contributed by atoms with van der Waals surface area (Å²) in [7, 11) is -4.23. The number of hydrogen-bond donors (Lipinski definition) is 2. The molecule has 3 aromatic rings. The fourth-order valence-corrected chi connectivity index (χ4v) is 3.59. The molecule has 0 aliphatic heterocycles. The minimum atomic E-state index is -4.23. The Labute approximate surface area is 149 Å². The number of thiazole rings is 1. The number of alkyl halides is 1. The summed E-state index contributed by atoms with van der Waals surface area (Å²) in [5, 5.41) is 2.29. The lowest BCUT2D eigenvalue weighted by Gasteiger charge is -2.09. The molecule has 2 N–H and O–H groups in total. The summed E-state index contributed by atoms with van der Waals surface area (Å²) < 4.78 is 71.0. The average Bonchev–Trinajstić information content (AvgIpc) is 3.27. The topological polar surface area (TPSA) is 97.0 Å². The quantitative estimate of drug-likeness (QED) is 0.590. The van der Waals surface area contributed by atoms with Gasteiger partial charge in [0.05, 0.1) is 5.69 Å². The second-order valence-corrected chi connectivity index (χ2v) is 7.41. The van der Waals surface area contributed by atoms with Crippen molar-refractivity contribution >= 4 is 27.2 Å². The Hall–Kier alpha value is -2.60. The highest BCUT2D eigenvalue weighted by atomic mass is 32.2. The lowest BCUT2D eigenvalue weighted by atomic mass is 10.4. The third kappa shape index (κ3) is 3.80. The molecule has 0 aromatic carbocycles.